The first-order valence-corrected chi connectivity index (χ1v) is 6.98. The van der Waals surface area contributed by atoms with Gasteiger partial charge in [-0.15, -0.1) is 0 Å². The maximum atomic E-state index is 12.6. The largest absolute Gasteiger partial charge is 0.454 e. The number of carbonyl (C=O) groups excluding carboxylic acids is 1. The van der Waals surface area contributed by atoms with Gasteiger partial charge in [-0.1, -0.05) is 12.1 Å². The monoisotopic (exact) mass is 335 g/mol. The first kappa shape index (κ1) is 15.9. The van der Waals surface area contributed by atoms with Gasteiger partial charge in [-0.25, -0.2) is 0 Å². The second-order valence-electron chi connectivity index (χ2n) is 5.01. The quantitative estimate of drug-likeness (QED) is 0.860. The molecule has 0 bridgehead atoms. The summed E-state index contributed by atoms with van der Waals surface area (Å²) in [7, 11) is 0. The minimum absolute atomic E-state index is 0.127. The van der Waals surface area contributed by atoms with Crippen LogP contribution in [-0.4, -0.2) is 12.7 Å². The number of rotatable bonds is 3. The summed E-state index contributed by atoms with van der Waals surface area (Å²) < 4.78 is 48.3. The second kappa shape index (κ2) is 6.27. The molecule has 4 nitrogen and oxygen atoms in total. The van der Waals surface area contributed by atoms with E-state index in [1.807, 2.05) is 0 Å². The maximum Gasteiger partial charge on any atom is 0.416 e. The Morgan fingerprint density at radius 3 is 2.67 bits per heavy atom. The van der Waals surface area contributed by atoms with Gasteiger partial charge in [0.1, 0.15) is 0 Å². The molecule has 0 aromatic heterocycles. The Labute approximate surface area is 135 Å². The molecule has 7 heteroatoms. The van der Waals surface area contributed by atoms with Crippen molar-refractivity contribution in [1.82, 2.24) is 0 Å². The summed E-state index contributed by atoms with van der Waals surface area (Å²) in [5.74, 6) is 0.647. The predicted molar refractivity (Wildman–Crippen MR) is 81.7 cm³/mol. The van der Waals surface area contributed by atoms with Gasteiger partial charge in [-0.3, -0.25) is 4.79 Å². The van der Waals surface area contributed by atoms with Crippen molar-refractivity contribution < 1.29 is 27.4 Å². The Balaban J connectivity index is 1.67. The fraction of sp³-hybridized carbons (Fsp3) is 0.118. The molecular weight excluding hydrogens is 323 g/mol. The molecule has 1 amide bonds. The zero-order chi connectivity index (χ0) is 17.2. The van der Waals surface area contributed by atoms with Crippen LogP contribution in [0.4, 0.5) is 18.9 Å². The van der Waals surface area contributed by atoms with E-state index >= 15 is 0 Å². The molecule has 2 aromatic carbocycles. The molecule has 0 unspecified atom stereocenters. The molecule has 0 saturated heterocycles. The Morgan fingerprint density at radius 1 is 1.08 bits per heavy atom. The van der Waals surface area contributed by atoms with E-state index in [4.69, 9.17) is 9.47 Å². The second-order valence-corrected chi connectivity index (χ2v) is 5.01. The molecule has 124 valence electrons. The van der Waals surface area contributed by atoms with Crippen LogP contribution < -0.4 is 14.8 Å². The molecule has 2 aromatic rings. The van der Waals surface area contributed by atoms with Gasteiger partial charge in [0.2, 0.25) is 12.7 Å². The van der Waals surface area contributed by atoms with Gasteiger partial charge in [0.15, 0.2) is 11.5 Å². The number of halogens is 3. The topological polar surface area (TPSA) is 47.6 Å². The summed E-state index contributed by atoms with van der Waals surface area (Å²) in [6.45, 7) is 0.127. The Bertz CT molecular complexity index is 800. The molecule has 1 aliphatic rings. The lowest BCUT2D eigenvalue weighted by Gasteiger charge is -2.06. The van der Waals surface area contributed by atoms with E-state index in [9.17, 15) is 18.0 Å². The van der Waals surface area contributed by atoms with Crippen molar-refractivity contribution in [1.29, 1.82) is 0 Å². The number of benzene rings is 2. The molecule has 0 radical (unpaired) electrons. The average molecular weight is 335 g/mol. The van der Waals surface area contributed by atoms with Gasteiger partial charge in [0.25, 0.3) is 0 Å². The van der Waals surface area contributed by atoms with Crippen LogP contribution >= 0.6 is 0 Å². The standard InChI is InChI=1S/C17H12F3NO3/c18-17(19,20)12-3-1-2-11(8-12)4-7-16(22)21-13-5-6-14-15(9-13)24-10-23-14/h1-9H,10H2,(H,21,22). The predicted octanol–water partition coefficient (Wildman–Crippen LogP) is 4.09. The summed E-state index contributed by atoms with van der Waals surface area (Å²) in [6, 6.07) is 9.64. The van der Waals surface area contributed by atoms with E-state index in [2.05, 4.69) is 5.32 Å². The Kier molecular flexibility index (Phi) is 4.16. The van der Waals surface area contributed by atoms with E-state index in [1.54, 1.807) is 18.2 Å². The molecule has 0 atom stereocenters. The molecule has 0 aliphatic carbocycles. The van der Waals surface area contributed by atoms with Crippen molar-refractivity contribution in [2.24, 2.45) is 0 Å². The van der Waals surface area contributed by atoms with Crippen LogP contribution in [0, 0.1) is 0 Å². The molecule has 3 rings (SSSR count). The lowest BCUT2D eigenvalue weighted by atomic mass is 10.1. The number of alkyl halides is 3. The number of hydrogen-bond donors (Lipinski definition) is 1. The highest BCUT2D eigenvalue weighted by atomic mass is 19.4. The highest BCUT2D eigenvalue weighted by Gasteiger charge is 2.30. The van der Waals surface area contributed by atoms with Crippen LogP contribution in [0.3, 0.4) is 0 Å². The van der Waals surface area contributed by atoms with Gasteiger partial charge in [-0.2, -0.15) is 13.2 Å². The summed E-state index contributed by atoms with van der Waals surface area (Å²) in [5, 5.41) is 2.60. The van der Waals surface area contributed by atoms with Gasteiger partial charge < -0.3 is 14.8 Å². The SMILES string of the molecule is O=C(C=Cc1cccc(C(F)(F)F)c1)Nc1ccc2c(c1)OCO2. The summed E-state index contributed by atoms with van der Waals surface area (Å²) >= 11 is 0. The number of amides is 1. The van der Waals surface area contributed by atoms with Gasteiger partial charge >= 0.3 is 6.18 Å². The smallest absolute Gasteiger partial charge is 0.416 e. The average Bonchev–Trinajstić information content (AvgIpc) is 3.00. The first-order chi connectivity index (χ1) is 11.4. The Hall–Kier alpha value is -2.96. The minimum Gasteiger partial charge on any atom is -0.454 e. The number of anilines is 1. The molecule has 0 spiro atoms. The molecule has 1 heterocycles. The maximum absolute atomic E-state index is 12.6. The van der Waals surface area contributed by atoms with Crippen molar-refractivity contribution >= 4 is 17.7 Å². The highest BCUT2D eigenvalue weighted by molar-refractivity contribution is 6.02. The first-order valence-electron chi connectivity index (χ1n) is 6.98. The zero-order valence-electron chi connectivity index (χ0n) is 12.3. The van der Waals surface area contributed by atoms with Crippen molar-refractivity contribution in [3.63, 3.8) is 0 Å². The third kappa shape index (κ3) is 3.68. The van der Waals surface area contributed by atoms with Crippen molar-refractivity contribution in [3.8, 4) is 11.5 Å². The summed E-state index contributed by atoms with van der Waals surface area (Å²) in [4.78, 5) is 11.9. The van der Waals surface area contributed by atoms with E-state index in [0.29, 0.717) is 17.2 Å². The van der Waals surface area contributed by atoms with Crippen LogP contribution in [0.5, 0.6) is 11.5 Å². The van der Waals surface area contributed by atoms with Crippen LogP contribution in [-0.2, 0) is 11.0 Å². The number of nitrogens with one attached hydrogen (secondary N) is 1. The zero-order valence-corrected chi connectivity index (χ0v) is 12.3. The van der Waals surface area contributed by atoms with Crippen LogP contribution in [0.15, 0.2) is 48.5 Å². The van der Waals surface area contributed by atoms with Crippen molar-refractivity contribution in [3.05, 3.63) is 59.7 Å². The number of carbonyl (C=O) groups is 1. The van der Waals surface area contributed by atoms with Gasteiger partial charge in [0, 0.05) is 17.8 Å². The molecule has 0 fully saturated rings. The Morgan fingerprint density at radius 2 is 1.88 bits per heavy atom. The number of fused-ring (bicyclic) bond motifs is 1. The summed E-state index contributed by atoms with van der Waals surface area (Å²) in [6.07, 6.45) is -1.93. The van der Waals surface area contributed by atoms with Crippen LogP contribution in [0.25, 0.3) is 6.08 Å². The third-order valence-electron chi connectivity index (χ3n) is 3.28. The lowest BCUT2D eigenvalue weighted by molar-refractivity contribution is -0.137. The van der Waals surface area contributed by atoms with E-state index in [1.165, 1.54) is 24.3 Å². The fourth-order valence-electron chi connectivity index (χ4n) is 2.15. The highest BCUT2D eigenvalue weighted by Crippen LogP contribution is 2.34. The van der Waals surface area contributed by atoms with E-state index in [-0.39, 0.29) is 12.4 Å². The number of ether oxygens (including phenoxy) is 2. The van der Waals surface area contributed by atoms with Crippen LogP contribution in [0.1, 0.15) is 11.1 Å². The minimum atomic E-state index is -4.42. The van der Waals surface area contributed by atoms with E-state index < -0.39 is 17.6 Å². The lowest BCUT2D eigenvalue weighted by Crippen LogP contribution is -2.07. The van der Waals surface area contributed by atoms with Gasteiger partial charge in [0.05, 0.1) is 5.56 Å². The van der Waals surface area contributed by atoms with Crippen molar-refractivity contribution in [2.45, 2.75) is 6.18 Å². The normalized spacial score (nSPS) is 13.3. The molecular formula is C17H12F3NO3. The van der Waals surface area contributed by atoms with E-state index in [0.717, 1.165) is 12.1 Å². The molecule has 1 aliphatic heterocycles. The fourth-order valence-corrected chi connectivity index (χ4v) is 2.15. The molecule has 1 N–H and O–H groups in total. The third-order valence-corrected chi connectivity index (χ3v) is 3.28. The summed E-state index contributed by atoms with van der Waals surface area (Å²) in [5.41, 5.74) is 0.0180. The van der Waals surface area contributed by atoms with Crippen LogP contribution in [0.2, 0.25) is 0 Å². The van der Waals surface area contributed by atoms with Gasteiger partial charge in [-0.05, 0) is 35.9 Å². The van der Waals surface area contributed by atoms with Crippen molar-refractivity contribution in [2.75, 3.05) is 12.1 Å². The number of hydrogen-bond acceptors (Lipinski definition) is 3. The molecule has 0 saturated carbocycles. The molecule has 24 heavy (non-hydrogen) atoms.